The maximum Gasteiger partial charge on any atom is 0.244 e. The third-order valence-corrected chi connectivity index (χ3v) is 7.60. The first-order valence-electron chi connectivity index (χ1n) is 12.7. The first-order chi connectivity index (χ1) is 20.3. The summed E-state index contributed by atoms with van der Waals surface area (Å²) in [7, 11) is 1.82. The molecule has 4 aromatic heterocycles. The number of nitrogen functional groups attached to an aromatic ring is 1. The minimum Gasteiger partial charge on any atom is -0.382 e. The number of aromatic amines is 2. The van der Waals surface area contributed by atoms with E-state index in [1.165, 1.54) is 17.1 Å². The molecule has 15 heteroatoms. The van der Waals surface area contributed by atoms with Gasteiger partial charge in [0.25, 0.3) is 0 Å². The highest BCUT2D eigenvalue weighted by Gasteiger charge is 2.23. The predicted octanol–water partition coefficient (Wildman–Crippen LogP) is 3.97. The minimum atomic E-state index is -0.576. The number of imidazole rings is 1. The van der Waals surface area contributed by atoms with Crippen molar-refractivity contribution in [2.75, 3.05) is 5.73 Å². The van der Waals surface area contributed by atoms with Crippen LogP contribution in [0.25, 0.3) is 33.9 Å². The van der Waals surface area contributed by atoms with Crippen molar-refractivity contribution in [3.63, 3.8) is 0 Å². The Morgan fingerprint density at radius 2 is 2.07 bits per heavy atom. The number of nitrogens with one attached hydrogen (secondary N) is 3. The lowest BCUT2D eigenvalue weighted by molar-refractivity contribution is -0.117. The first-order valence-corrected chi connectivity index (χ1v) is 13.5. The Bertz CT molecular complexity index is 1940. The Morgan fingerprint density at radius 1 is 1.21 bits per heavy atom. The molecular weight excluding hydrogens is 579 g/mol. The zero-order valence-corrected chi connectivity index (χ0v) is 23.9. The van der Waals surface area contributed by atoms with Crippen LogP contribution in [0.2, 0.25) is 10.0 Å². The fourth-order valence-corrected chi connectivity index (χ4v) is 5.00. The Labute approximate surface area is 248 Å². The topological polar surface area (TPSA) is 174 Å². The molecule has 0 aliphatic rings. The third-order valence-electron chi connectivity index (χ3n) is 6.87. The Morgan fingerprint density at radius 3 is 2.83 bits per heavy atom. The molecule has 0 saturated carbocycles. The molecule has 1 amide bonds. The summed E-state index contributed by atoms with van der Waals surface area (Å²) < 4.78 is 3.19. The largest absolute Gasteiger partial charge is 0.382 e. The molecule has 13 nitrogen and oxygen atoms in total. The van der Waals surface area contributed by atoms with E-state index >= 15 is 0 Å². The average molecular weight is 603 g/mol. The number of anilines is 1. The van der Waals surface area contributed by atoms with E-state index in [1.54, 1.807) is 35.2 Å². The van der Waals surface area contributed by atoms with Crippen LogP contribution in [0, 0.1) is 6.92 Å². The normalized spacial score (nSPS) is 12.4. The van der Waals surface area contributed by atoms with Gasteiger partial charge in [-0.1, -0.05) is 29.3 Å². The Hall–Kier alpha value is -5.01. The molecule has 4 heterocycles. The number of aromatic nitrogens is 10. The van der Waals surface area contributed by atoms with Crippen LogP contribution in [0.5, 0.6) is 0 Å². The lowest BCUT2D eigenvalue weighted by atomic mass is 10.1. The Balaban J connectivity index is 1.29. The fraction of sp³-hybridized carbons (Fsp3) is 0.148. The number of hydrogen-bond donors (Lipinski definition) is 4. The van der Waals surface area contributed by atoms with Crippen LogP contribution in [-0.2, 0) is 18.3 Å². The number of H-pyrrole nitrogens is 2. The van der Waals surface area contributed by atoms with Gasteiger partial charge in [-0.05, 0) is 53.8 Å². The number of aryl methyl sites for hydroxylation is 1. The van der Waals surface area contributed by atoms with Crippen LogP contribution in [-0.4, -0.2) is 56.1 Å². The fourth-order valence-electron chi connectivity index (χ4n) is 4.58. The molecule has 0 unspecified atom stereocenters. The minimum absolute atomic E-state index is 0.302. The van der Waals surface area contributed by atoms with Gasteiger partial charge < -0.3 is 16.0 Å². The van der Waals surface area contributed by atoms with Crippen LogP contribution < -0.4 is 11.1 Å². The predicted molar refractivity (Wildman–Crippen MR) is 159 cm³/mol. The van der Waals surface area contributed by atoms with Gasteiger partial charge in [0.05, 0.1) is 45.5 Å². The molecule has 6 aromatic rings. The quantitative estimate of drug-likeness (QED) is 0.189. The van der Waals surface area contributed by atoms with E-state index in [0.717, 1.165) is 27.9 Å². The lowest BCUT2D eigenvalue weighted by Gasteiger charge is -2.15. The van der Waals surface area contributed by atoms with Gasteiger partial charge in [0.2, 0.25) is 5.91 Å². The van der Waals surface area contributed by atoms with E-state index in [1.807, 2.05) is 32.2 Å². The molecule has 2 aromatic carbocycles. The number of nitrogens with two attached hydrogens (primary N) is 1. The summed E-state index contributed by atoms with van der Waals surface area (Å²) in [6.45, 7) is 1.88. The second-order valence-electron chi connectivity index (χ2n) is 9.58. The number of halogens is 2. The SMILES string of the molecule is Cc1c(Cl)c(C[C@H](NC(=O)C=Cc2cc(Cl)ccc2-n2cnnn2)c2ncc(-c3ccc4c(N)n[nH]c4c3)[nH]2)nn1C. The molecular formula is C27H24Cl2N12O. The van der Waals surface area contributed by atoms with Crippen LogP contribution in [0.4, 0.5) is 5.82 Å². The molecule has 6 rings (SSSR count). The number of benzene rings is 2. The van der Waals surface area contributed by atoms with Gasteiger partial charge in [-0.15, -0.1) is 5.10 Å². The lowest BCUT2D eigenvalue weighted by Crippen LogP contribution is -2.29. The number of tetrazole rings is 1. The standard InChI is InChI=1S/C27H24Cl2N12O/c1-14-25(29)20(37-40(14)2)11-21(27-31-12-22(34-27)15-3-6-18-19(10-15)35-36-26(18)30)33-24(42)8-4-16-9-17(28)5-7-23(16)41-13-32-38-39-41/h3-10,12-13,21H,11H2,1-2H3,(H,31,34)(H,33,42)(H3,30,35,36)/t21-/m0/s1. The van der Waals surface area contributed by atoms with E-state index in [-0.39, 0.29) is 5.91 Å². The number of fused-ring (bicyclic) bond motifs is 1. The van der Waals surface area contributed by atoms with Gasteiger partial charge in [0.15, 0.2) is 5.82 Å². The van der Waals surface area contributed by atoms with Crippen molar-refractivity contribution >= 4 is 51.9 Å². The number of rotatable bonds is 8. The van der Waals surface area contributed by atoms with Crippen LogP contribution in [0.15, 0.2) is 55.0 Å². The van der Waals surface area contributed by atoms with Gasteiger partial charge in [0, 0.05) is 41.1 Å². The summed E-state index contributed by atoms with van der Waals surface area (Å²) in [5.74, 6) is 0.606. The van der Waals surface area contributed by atoms with Crippen molar-refractivity contribution in [1.29, 1.82) is 0 Å². The second-order valence-corrected chi connectivity index (χ2v) is 10.4. The molecule has 0 fully saturated rings. The number of carbonyl (C=O) groups is 1. The smallest absolute Gasteiger partial charge is 0.244 e. The van der Waals surface area contributed by atoms with Crippen LogP contribution in [0.1, 0.15) is 28.8 Å². The second kappa shape index (κ2) is 11.1. The molecule has 0 radical (unpaired) electrons. The zero-order valence-electron chi connectivity index (χ0n) is 22.4. The molecule has 1 atom stereocenters. The van der Waals surface area contributed by atoms with Gasteiger partial charge in [0.1, 0.15) is 12.2 Å². The highest BCUT2D eigenvalue weighted by atomic mass is 35.5. The van der Waals surface area contributed by atoms with Gasteiger partial charge >= 0.3 is 0 Å². The molecule has 5 N–H and O–H groups in total. The summed E-state index contributed by atoms with van der Waals surface area (Å²) in [5.41, 5.74) is 11.1. The summed E-state index contributed by atoms with van der Waals surface area (Å²) in [4.78, 5) is 21.2. The van der Waals surface area contributed by atoms with Crippen molar-refractivity contribution in [3.05, 3.63) is 87.8 Å². The summed E-state index contributed by atoms with van der Waals surface area (Å²) >= 11 is 12.8. The van der Waals surface area contributed by atoms with E-state index in [0.29, 0.717) is 45.1 Å². The first kappa shape index (κ1) is 27.2. The number of nitrogens with zero attached hydrogens (tertiary/aromatic N) is 8. The van der Waals surface area contributed by atoms with Gasteiger partial charge in [-0.2, -0.15) is 14.9 Å². The van der Waals surface area contributed by atoms with Crippen molar-refractivity contribution in [1.82, 2.24) is 55.5 Å². The van der Waals surface area contributed by atoms with E-state index < -0.39 is 6.04 Å². The number of carbonyl (C=O) groups excluding carboxylic acids is 1. The van der Waals surface area contributed by atoms with Crippen molar-refractivity contribution in [2.24, 2.45) is 7.05 Å². The van der Waals surface area contributed by atoms with Crippen molar-refractivity contribution in [3.8, 4) is 16.9 Å². The average Bonchev–Trinajstić information content (AvgIpc) is 3.79. The summed E-state index contributed by atoms with van der Waals surface area (Å²) in [6.07, 6.45) is 6.53. The maximum absolute atomic E-state index is 13.3. The third kappa shape index (κ3) is 5.34. The molecule has 0 bridgehead atoms. The summed E-state index contributed by atoms with van der Waals surface area (Å²) in [6, 6.07) is 10.4. The van der Waals surface area contributed by atoms with Crippen molar-refractivity contribution < 1.29 is 4.79 Å². The molecule has 0 saturated heterocycles. The molecule has 212 valence electrons. The number of amides is 1. The highest BCUT2D eigenvalue weighted by Crippen LogP contribution is 2.28. The van der Waals surface area contributed by atoms with Gasteiger partial charge in [-0.3, -0.25) is 14.6 Å². The number of hydrogen-bond acceptors (Lipinski definition) is 8. The van der Waals surface area contributed by atoms with Crippen LogP contribution in [0.3, 0.4) is 0 Å². The summed E-state index contributed by atoms with van der Waals surface area (Å²) in [5, 5.41) is 27.7. The zero-order chi connectivity index (χ0) is 29.4. The van der Waals surface area contributed by atoms with Crippen molar-refractivity contribution in [2.45, 2.75) is 19.4 Å². The maximum atomic E-state index is 13.3. The molecule has 0 spiro atoms. The monoisotopic (exact) mass is 602 g/mol. The van der Waals surface area contributed by atoms with Gasteiger partial charge in [-0.25, -0.2) is 4.98 Å². The van der Waals surface area contributed by atoms with Crippen LogP contribution >= 0.6 is 23.2 Å². The highest BCUT2D eigenvalue weighted by molar-refractivity contribution is 6.32. The molecule has 0 aliphatic carbocycles. The molecule has 0 aliphatic heterocycles. The van der Waals surface area contributed by atoms with E-state index in [9.17, 15) is 4.79 Å². The van der Waals surface area contributed by atoms with E-state index in [4.69, 9.17) is 28.9 Å². The molecule has 42 heavy (non-hydrogen) atoms. The van der Waals surface area contributed by atoms with E-state index in [2.05, 4.69) is 46.1 Å². The Kier molecular flexibility index (Phi) is 7.19.